The molecule has 1 aromatic heterocycles. The van der Waals surface area contributed by atoms with Crippen LogP contribution < -0.4 is 10.2 Å². The lowest BCUT2D eigenvalue weighted by Crippen LogP contribution is -2.47. The molecule has 0 bridgehead atoms. The van der Waals surface area contributed by atoms with Crippen LogP contribution in [0.15, 0.2) is 48.8 Å². The van der Waals surface area contributed by atoms with Crippen LogP contribution in [0.4, 0.5) is 5.95 Å². The highest BCUT2D eigenvalue weighted by Crippen LogP contribution is 2.09. The third-order valence-electron chi connectivity index (χ3n) is 4.93. The van der Waals surface area contributed by atoms with Crippen molar-refractivity contribution in [3.8, 4) is 0 Å². The Hall–Kier alpha value is -3.00. The van der Waals surface area contributed by atoms with Gasteiger partial charge in [0.25, 0.3) is 5.91 Å². The molecule has 0 radical (unpaired) electrons. The molecule has 1 N–H and O–H groups in total. The molecule has 2 heterocycles. The topological polar surface area (TPSA) is 81.7 Å². The van der Waals surface area contributed by atoms with Gasteiger partial charge in [-0.15, -0.1) is 0 Å². The molecule has 2 amide bonds. The first-order chi connectivity index (χ1) is 14.1. The zero-order valence-corrected chi connectivity index (χ0v) is 16.8. The number of aromatic nitrogens is 2. The molecule has 0 aliphatic carbocycles. The van der Waals surface area contributed by atoms with Crippen molar-refractivity contribution in [2.45, 2.75) is 6.42 Å². The van der Waals surface area contributed by atoms with Crippen molar-refractivity contribution >= 4 is 17.8 Å². The zero-order chi connectivity index (χ0) is 20.5. The van der Waals surface area contributed by atoms with Gasteiger partial charge in [-0.2, -0.15) is 0 Å². The average Bonchev–Trinajstić information content (AvgIpc) is 2.78. The fraction of sp³-hybridized carbons (Fsp3) is 0.429. The molecule has 8 nitrogen and oxygen atoms in total. The molecule has 0 atom stereocenters. The van der Waals surface area contributed by atoms with E-state index in [4.69, 9.17) is 0 Å². The lowest BCUT2D eigenvalue weighted by Gasteiger charge is -2.34. The second-order valence-electron chi connectivity index (χ2n) is 7.11. The number of hydrogen-bond donors (Lipinski definition) is 1. The number of piperazine rings is 1. The molecule has 3 rings (SSSR count). The molecule has 1 aliphatic heterocycles. The first kappa shape index (κ1) is 20.7. The van der Waals surface area contributed by atoms with Crippen molar-refractivity contribution in [2.75, 3.05) is 57.8 Å². The summed E-state index contributed by atoms with van der Waals surface area (Å²) in [5, 5.41) is 2.90. The molecule has 1 aliphatic rings. The predicted molar refractivity (Wildman–Crippen MR) is 112 cm³/mol. The Kier molecular flexibility index (Phi) is 7.52. The van der Waals surface area contributed by atoms with Gasteiger partial charge in [0.2, 0.25) is 11.9 Å². The minimum atomic E-state index is -0.152. The lowest BCUT2D eigenvalue weighted by atomic mass is 10.2. The van der Waals surface area contributed by atoms with Gasteiger partial charge in [0.15, 0.2) is 0 Å². The maximum atomic E-state index is 12.3. The lowest BCUT2D eigenvalue weighted by molar-refractivity contribution is -0.121. The quantitative estimate of drug-likeness (QED) is 0.667. The molecule has 1 aromatic carbocycles. The number of nitrogens with one attached hydrogen (secondary N) is 1. The molecule has 2 aromatic rings. The van der Waals surface area contributed by atoms with Gasteiger partial charge in [0, 0.05) is 57.7 Å². The van der Waals surface area contributed by atoms with Crippen molar-refractivity contribution in [3.63, 3.8) is 0 Å². The van der Waals surface area contributed by atoms with E-state index in [9.17, 15) is 9.59 Å². The second kappa shape index (κ2) is 10.5. The van der Waals surface area contributed by atoms with Crippen LogP contribution in [0.2, 0.25) is 0 Å². The van der Waals surface area contributed by atoms with E-state index >= 15 is 0 Å². The smallest absolute Gasteiger partial charge is 0.254 e. The normalized spacial score (nSPS) is 14.4. The van der Waals surface area contributed by atoms with E-state index in [1.54, 1.807) is 31.6 Å². The first-order valence-corrected chi connectivity index (χ1v) is 9.95. The Morgan fingerprint density at radius 2 is 1.72 bits per heavy atom. The van der Waals surface area contributed by atoms with Gasteiger partial charge in [0.1, 0.15) is 0 Å². The van der Waals surface area contributed by atoms with Crippen molar-refractivity contribution in [1.29, 1.82) is 0 Å². The number of hydrogen-bond acceptors (Lipinski definition) is 6. The highest BCUT2D eigenvalue weighted by Gasteiger charge is 2.18. The van der Waals surface area contributed by atoms with Gasteiger partial charge in [0.05, 0.1) is 6.54 Å². The minimum absolute atomic E-state index is 0.0590. The molecule has 29 heavy (non-hydrogen) atoms. The van der Waals surface area contributed by atoms with E-state index in [-0.39, 0.29) is 18.4 Å². The summed E-state index contributed by atoms with van der Waals surface area (Å²) in [4.78, 5) is 39.0. The summed E-state index contributed by atoms with van der Waals surface area (Å²) in [5.41, 5.74) is 0.586. The fourth-order valence-electron chi connectivity index (χ4n) is 3.30. The van der Waals surface area contributed by atoms with Gasteiger partial charge in [-0.1, -0.05) is 18.2 Å². The summed E-state index contributed by atoms with van der Waals surface area (Å²) < 4.78 is 0. The Bertz CT molecular complexity index is 778. The molecule has 1 saturated heterocycles. The fourth-order valence-corrected chi connectivity index (χ4v) is 3.30. The third kappa shape index (κ3) is 6.25. The zero-order valence-electron chi connectivity index (χ0n) is 16.8. The number of nitrogens with zero attached hydrogens (tertiary/aromatic N) is 5. The minimum Gasteiger partial charge on any atom is -0.355 e. The summed E-state index contributed by atoms with van der Waals surface area (Å²) in [6, 6.07) is 10.8. The van der Waals surface area contributed by atoms with Crippen LogP contribution in [0, 0.1) is 0 Å². The molecular formula is C21H28N6O2. The van der Waals surface area contributed by atoms with E-state index in [2.05, 4.69) is 25.1 Å². The predicted octanol–water partition coefficient (Wildman–Crippen LogP) is 0.877. The average molecular weight is 396 g/mol. The summed E-state index contributed by atoms with van der Waals surface area (Å²) in [7, 11) is 1.64. The molecule has 1 fully saturated rings. The number of carbonyl (C=O) groups is 2. The highest BCUT2D eigenvalue weighted by atomic mass is 16.2. The second-order valence-corrected chi connectivity index (χ2v) is 7.11. The van der Waals surface area contributed by atoms with Crippen molar-refractivity contribution in [1.82, 2.24) is 25.1 Å². The summed E-state index contributed by atoms with van der Waals surface area (Å²) in [5.74, 6) is 0.498. The molecule has 8 heteroatoms. The van der Waals surface area contributed by atoms with Crippen LogP contribution >= 0.6 is 0 Å². The number of rotatable bonds is 8. The SMILES string of the molecule is CN(CC(=O)NCCCN1CCN(c2ncccn2)CC1)C(=O)c1ccccc1. The summed E-state index contributed by atoms with van der Waals surface area (Å²) in [6.45, 7) is 5.33. The van der Waals surface area contributed by atoms with Gasteiger partial charge < -0.3 is 15.1 Å². The number of amides is 2. The number of anilines is 1. The van der Waals surface area contributed by atoms with E-state index in [1.165, 1.54) is 4.90 Å². The highest BCUT2D eigenvalue weighted by molar-refractivity contribution is 5.96. The van der Waals surface area contributed by atoms with Gasteiger partial charge in [-0.3, -0.25) is 14.5 Å². The molecule has 0 spiro atoms. The Labute approximate surface area is 171 Å². The van der Waals surface area contributed by atoms with Crippen LogP contribution in [0.1, 0.15) is 16.8 Å². The number of carbonyl (C=O) groups excluding carboxylic acids is 2. The van der Waals surface area contributed by atoms with Gasteiger partial charge in [-0.25, -0.2) is 9.97 Å². The van der Waals surface area contributed by atoms with Gasteiger partial charge >= 0.3 is 0 Å². The van der Waals surface area contributed by atoms with Crippen LogP contribution in [0.5, 0.6) is 0 Å². The van der Waals surface area contributed by atoms with E-state index in [0.717, 1.165) is 45.1 Å². The first-order valence-electron chi connectivity index (χ1n) is 9.95. The van der Waals surface area contributed by atoms with Crippen LogP contribution in [0.25, 0.3) is 0 Å². The Morgan fingerprint density at radius 1 is 1.03 bits per heavy atom. The van der Waals surface area contributed by atoms with Crippen LogP contribution in [0.3, 0.4) is 0 Å². The maximum Gasteiger partial charge on any atom is 0.254 e. The number of likely N-dealkylation sites (N-methyl/N-ethyl adjacent to an activating group) is 1. The van der Waals surface area contributed by atoms with Gasteiger partial charge in [-0.05, 0) is 31.2 Å². The Balaban J connectivity index is 1.30. The molecule has 0 unspecified atom stereocenters. The summed E-state index contributed by atoms with van der Waals surface area (Å²) >= 11 is 0. The van der Waals surface area contributed by atoms with E-state index in [0.29, 0.717) is 12.1 Å². The third-order valence-corrected chi connectivity index (χ3v) is 4.93. The Morgan fingerprint density at radius 3 is 2.41 bits per heavy atom. The molecule has 0 saturated carbocycles. The summed E-state index contributed by atoms with van der Waals surface area (Å²) in [6.07, 6.45) is 4.41. The largest absolute Gasteiger partial charge is 0.355 e. The standard InChI is InChI=1S/C21H28N6O2/c1-25(20(29)18-7-3-2-4-8-18)17-19(28)22-11-6-12-26-13-15-27(16-14-26)21-23-9-5-10-24-21/h2-5,7-10H,6,11-17H2,1H3,(H,22,28). The molecular weight excluding hydrogens is 368 g/mol. The maximum absolute atomic E-state index is 12.3. The molecule has 154 valence electrons. The number of benzene rings is 1. The van der Waals surface area contributed by atoms with Crippen molar-refractivity contribution in [2.24, 2.45) is 0 Å². The van der Waals surface area contributed by atoms with Crippen molar-refractivity contribution in [3.05, 3.63) is 54.4 Å². The van der Waals surface area contributed by atoms with Crippen LogP contribution in [-0.4, -0.2) is 84.4 Å². The van der Waals surface area contributed by atoms with E-state index < -0.39 is 0 Å². The van der Waals surface area contributed by atoms with E-state index in [1.807, 2.05) is 24.3 Å². The monoisotopic (exact) mass is 396 g/mol. The van der Waals surface area contributed by atoms with Crippen molar-refractivity contribution < 1.29 is 9.59 Å². The van der Waals surface area contributed by atoms with Crippen LogP contribution in [-0.2, 0) is 4.79 Å².